The number of aromatic amines is 1. The van der Waals surface area contributed by atoms with Crippen molar-refractivity contribution in [2.75, 3.05) is 44.7 Å². The third-order valence-corrected chi connectivity index (χ3v) is 7.63. The number of hydrogen-bond acceptors (Lipinski definition) is 10. The summed E-state index contributed by atoms with van der Waals surface area (Å²) in [5.74, 6) is -3.23. The molecule has 2 N–H and O–H groups in total. The number of likely N-dealkylation sites (tertiary alicyclic amines) is 1. The fourth-order valence-electron chi connectivity index (χ4n) is 5.34. The first-order valence-electron chi connectivity index (χ1n) is 14.8. The molecule has 242 valence electrons. The third-order valence-electron chi connectivity index (χ3n) is 7.63. The summed E-state index contributed by atoms with van der Waals surface area (Å²) in [5, 5.41) is 6.34. The van der Waals surface area contributed by atoms with E-state index in [9.17, 15) is 28.8 Å². The summed E-state index contributed by atoms with van der Waals surface area (Å²) in [7, 11) is 1.55. The number of anilines is 1. The number of carbonyl (C=O) groups is 5. The molecule has 5 rings (SSSR count). The van der Waals surface area contributed by atoms with Gasteiger partial charge in [0, 0.05) is 62.5 Å². The van der Waals surface area contributed by atoms with Gasteiger partial charge in [0.25, 0.3) is 17.7 Å². The van der Waals surface area contributed by atoms with Gasteiger partial charge in [-0.05, 0) is 43.2 Å². The molecule has 2 fully saturated rings. The molecule has 4 amide bonds. The monoisotopic (exact) mass is 634 g/mol. The van der Waals surface area contributed by atoms with Crippen molar-refractivity contribution in [2.45, 2.75) is 38.4 Å². The van der Waals surface area contributed by atoms with Gasteiger partial charge in [0.05, 0.1) is 13.2 Å². The molecule has 3 heterocycles. The number of nitrogens with one attached hydrogen (secondary N) is 2. The first-order chi connectivity index (χ1) is 22.1. The van der Waals surface area contributed by atoms with Gasteiger partial charge in [0.15, 0.2) is 11.9 Å². The molecule has 0 saturated carbocycles. The van der Waals surface area contributed by atoms with Crippen LogP contribution in [0.25, 0.3) is 5.57 Å². The van der Waals surface area contributed by atoms with Gasteiger partial charge < -0.3 is 29.5 Å². The SMILES string of the molecule is CC(=O)OC(C(=O)NC1=CC=C(c2noc(=O)[nH]2)C=CC1)C1OCCN(c2cccc(C(=O)N(C)CC(=O)N3CCCC3)c2)C1=O. The lowest BCUT2D eigenvalue weighted by atomic mass is 10.1. The van der Waals surface area contributed by atoms with E-state index in [1.165, 1.54) is 15.9 Å². The van der Waals surface area contributed by atoms with E-state index in [-0.39, 0.29) is 49.3 Å². The number of allylic oxidation sites excluding steroid dienone is 5. The first-order valence-corrected chi connectivity index (χ1v) is 14.8. The van der Waals surface area contributed by atoms with Crippen LogP contribution in [-0.4, -0.2) is 102 Å². The molecule has 0 spiro atoms. The summed E-state index contributed by atoms with van der Waals surface area (Å²) < 4.78 is 15.5. The molecule has 46 heavy (non-hydrogen) atoms. The van der Waals surface area contributed by atoms with E-state index in [0.717, 1.165) is 19.8 Å². The number of carbonyl (C=O) groups excluding carboxylic acids is 5. The highest BCUT2D eigenvalue weighted by atomic mass is 16.6. The molecular formula is C31H34N6O9. The van der Waals surface area contributed by atoms with E-state index in [0.29, 0.717) is 30.0 Å². The molecule has 2 unspecified atom stereocenters. The predicted octanol–water partition coefficient (Wildman–Crippen LogP) is 0.764. The molecule has 15 heteroatoms. The van der Waals surface area contributed by atoms with Crippen molar-refractivity contribution in [3.8, 4) is 0 Å². The molecule has 1 aliphatic carbocycles. The zero-order chi connectivity index (χ0) is 32.8. The minimum atomic E-state index is -1.62. The van der Waals surface area contributed by atoms with Crippen LogP contribution in [0.1, 0.15) is 42.4 Å². The van der Waals surface area contributed by atoms with Crippen molar-refractivity contribution in [3.63, 3.8) is 0 Å². The van der Waals surface area contributed by atoms with Crippen molar-refractivity contribution in [3.05, 3.63) is 76.2 Å². The molecule has 3 aliphatic rings. The average molecular weight is 635 g/mol. The topological polar surface area (TPSA) is 184 Å². The van der Waals surface area contributed by atoms with Gasteiger partial charge in [-0.1, -0.05) is 23.4 Å². The number of H-pyrrole nitrogens is 1. The summed E-state index contributed by atoms with van der Waals surface area (Å²) in [6.07, 6.45) is 5.66. The highest BCUT2D eigenvalue weighted by molar-refractivity contribution is 6.03. The lowest BCUT2D eigenvalue weighted by molar-refractivity contribution is -0.169. The lowest BCUT2D eigenvalue weighted by Crippen LogP contribution is -2.57. The number of likely N-dealkylation sites (N-methyl/N-ethyl adjacent to an activating group) is 1. The fraction of sp³-hybridized carbons (Fsp3) is 0.387. The Morgan fingerprint density at radius 3 is 2.65 bits per heavy atom. The molecule has 2 aromatic rings. The van der Waals surface area contributed by atoms with Crippen molar-refractivity contribution >= 4 is 40.9 Å². The number of nitrogens with zero attached hydrogens (tertiary/aromatic N) is 4. The van der Waals surface area contributed by atoms with E-state index in [1.807, 2.05) is 0 Å². The summed E-state index contributed by atoms with van der Waals surface area (Å²) in [4.78, 5) is 83.1. The summed E-state index contributed by atoms with van der Waals surface area (Å²) >= 11 is 0. The van der Waals surface area contributed by atoms with E-state index in [4.69, 9.17) is 9.47 Å². The highest BCUT2D eigenvalue weighted by Gasteiger charge is 2.43. The molecule has 2 saturated heterocycles. The van der Waals surface area contributed by atoms with Crippen LogP contribution in [0.15, 0.2) is 63.6 Å². The predicted molar refractivity (Wildman–Crippen MR) is 162 cm³/mol. The molecule has 1 aromatic carbocycles. The second kappa shape index (κ2) is 14.2. The van der Waals surface area contributed by atoms with Crippen LogP contribution in [0.5, 0.6) is 0 Å². The van der Waals surface area contributed by atoms with Crippen LogP contribution < -0.4 is 16.0 Å². The zero-order valence-corrected chi connectivity index (χ0v) is 25.4. The maximum atomic E-state index is 13.7. The minimum absolute atomic E-state index is 0.0251. The van der Waals surface area contributed by atoms with Crippen LogP contribution in [0.3, 0.4) is 0 Å². The van der Waals surface area contributed by atoms with Gasteiger partial charge >= 0.3 is 11.7 Å². The molecule has 2 aliphatic heterocycles. The Hall–Kier alpha value is -5.31. The Labute approximate surface area is 263 Å². The zero-order valence-electron chi connectivity index (χ0n) is 25.4. The van der Waals surface area contributed by atoms with Crippen molar-refractivity contribution in [2.24, 2.45) is 0 Å². The van der Waals surface area contributed by atoms with Crippen molar-refractivity contribution in [1.29, 1.82) is 0 Å². The van der Waals surface area contributed by atoms with Gasteiger partial charge in [-0.2, -0.15) is 0 Å². The number of hydrogen-bond donors (Lipinski definition) is 2. The minimum Gasteiger partial charge on any atom is -0.449 e. The Morgan fingerprint density at radius 1 is 1.15 bits per heavy atom. The van der Waals surface area contributed by atoms with Gasteiger partial charge in [-0.25, -0.2) is 4.79 Å². The Bertz CT molecular complexity index is 1670. The summed E-state index contributed by atoms with van der Waals surface area (Å²) in [6, 6.07) is 6.39. The standard InChI is InChI=1S/C31H34N6O9/c1-19(38)45-25(28(40)32-22-9-5-7-20(11-12-22)27-33-31(43)46-34-27)26-30(42)37(15-16-44-26)23-10-6-8-21(17-23)29(41)35(2)18-24(39)36-13-3-4-14-36/h5-8,10-12,17,25-26H,3-4,9,13-16,18H2,1-2H3,(H,32,40)(H,33,34,43). The normalized spacial score (nSPS) is 18.7. The summed E-state index contributed by atoms with van der Waals surface area (Å²) in [5.41, 5.74) is 1.59. The van der Waals surface area contributed by atoms with Crippen LogP contribution in [0.4, 0.5) is 5.69 Å². The number of ether oxygens (including phenoxy) is 2. The molecule has 15 nitrogen and oxygen atoms in total. The molecule has 1 aromatic heterocycles. The van der Waals surface area contributed by atoms with Crippen LogP contribution in [0, 0.1) is 0 Å². The highest BCUT2D eigenvalue weighted by Crippen LogP contribution is 2.24. The molecular weight excluding hydrogens is 600 g/mol. The number of benzene rings is 1. The Kier molecular flexibility index (Phi) is 9.91. The maximum Gasteiger partial charge on any atom is 0.439 e. The molecule has 0 bridgehead atoms. The van der Waals surface area contributed by atoms with Crippen LogP contribution in [0.2, 0.25) is 0 Å². The van der Waals surface area contributed by atoms with Gasteiger partial charge in [-0.3, -0.25) is 33.5 Å². The largest absolute Gasteiger partial charge is 0.449 e. The van der Waals surface area contributed by atoms with E-state index < -0.39 is 35.7 Å². The Balaban J connectivity index is 1.29. The number of morpholine rings is 1. The smallest absolute Gasteiger partial charge is 0.439 e. The first kappa shape index (κ1) is 32.1. The van der Waals surface area contributed by atoms with E-state index >= 15 is 0 Å². The van der Waals surface area contributed by atoms with E-state index in [2.05, 4.69) is 20.0 Å². The quantitative estimate of drug-likeness (QED) is 0.374. The van der Waals surface area contributed by atoms with Gasteiger partial charge in [0.1, 0.15) is 0 Å². The summed E-state index contributed by atoms with van der Waals surface area (Å²) in [6.45, 7) is 2.57. The number of esters is 1. The van der Waals surface area contributed by atoms with Crippen molar-refractivity contribution in [1.82, 2.24) is 25.3 Å². The maximum absolute atomic E-state index is 13.7. The second-order valence-corrected chi connectivity index (χ2v) is 11.0. The Morgan fingerprint density at radius 2 is 1.93 bits per heavy atom. The van der Waals surface area contributed by atoms with E-state index in [1.54, 1.807) is 54.5 Å². The molecule has 0 radical (unpaired) electrons. The fourth-order valence-corrected chi connectivity index (χ4v) is 5.34. The second-order valence-electron chi connectivity index (χ2n) is 11.0. The lowest BCUT2D eigenvalue weighted by Gasteiger charge is -2.35. The third kappa shape index (κ3) is 7.48. The average Bonchev–Trinajstić information content (AvgIpc) is 3.68. The molecule has 2 atom stereocenters. The van der Waals surface area contributed by atoms with Crippen LogP contribution in [-0.2, 0) is 28.7 Å². The number of aromatic nitrogens is 2. The number of amides is 4. The van der Waals surface area contributed by atoms with Gasteiger partial charge in [-0.15, -0.1) is 0 Å². The van der Waals surface area contributed by atoms with Gasteiger partial charge in [0.2, 0.25) is 12.0 Å². The number of rotatable bonds is 9. The van der Waals surface area contributed by atoms with Crippen molar-refractivity contribution < 1.29 is 38.0 Å². The van der Waals surface area contributed by atoms with Crippen LogP contribution >= 0.6 is 0 Å².